The number of hydrogen-bond acceptors (Lipinski definition) is 5. The van der Waals surface area contributed by atoms with Crippen LogP contribution < -0.4 is 10.1 Å². The lowest BCUT2D eigenvalue weighted by Gasteiger charge is -2.30. The van der Waals surface area contributed by atoms with Crippen LogP contribution >= 0.6 is 27.5 Å². The first kappa shape index (κ1) is 22.8. The molecule has 0 saturated carbocycles. The van der Waals surface area contributed by atoms with Gasteiger partial charge in [-0.3, -0.25) is 19.8 Å². The zero-order valence-electron chi connectivity index (χ0n) is 18.2. The third kappa shape index (κ3) is 3.57. The molecule has 3 aromatic carbocycles. The van der Waals surface area contributed by atoms with E-state index in [-0.39, 0.29) is 10.8 Å². The number of halogens is 2. The predicted octanol–water partition coefficient (Wildman–Crippen LogP) is 5.20. The molecule has 7 nitrogen and oxygen atoms in total. The number of hydrogen-bond donors (Lipinski definition) is 1. The number of nitro groups is 1. The summed E-state index contributed by atoms with van der Waals surface area (Å²) < 4.78 is 6.86. The summed E-state index contributed by atoms with van der Waals surface area (Å²) in [6.45, 7) is 0.679. The molecule has 0 unspecified atom stereocenters. The van der Waals surface area contributed by atoms with Crippen molar-refractivity contribution in [1.29, 1.82) is 0 Å². The molecule has 0 radical (unpaired) electrons. The van der Waals surface area contributed by atoms with Crippen LogP contribution in [-0.4, -0.2) is 35.4 Å². The van der Waals surface area contributed by atoms with Crippen molar-refractivity contribution in [1.82, 2.24) is 4.90 Å². The number of benzene rings is 3. The molecule has 0 bridgehead atoms. The van der Waals surface area contributed by atoms with Crippen LogP contribution in [0.25, 0.3) is 0 Å². The van der Waals surface area contributed by atoms with Crippen molar-refractivity contribution in [2.24, 2.45) is 0 Å². The van der Waals surface area contributed by atoms with Crippen molar-refractivity contribution in [2.75, 3.05) is 18.9 Å². The first-order valence-corrected chi connectivity index (χ1v) is 11.9. The lowest BCUT2D eigenvalue weighted by Crippen LogP contribution is -2.54. The Morgan fingerprint density at radius 2 is 1.94 bits per heavy atom. The maximum absolute atomic E-state index is 13.2. The van der Waals surface area contributed by atoms with Gasteiger partial charge in [0, 0.05) is 27.2 Å². The average Bonchev–Trinajstić information content (AvgIpc) is 3.29. The topological polar surface area (TPSA) is 84.7 Å². The Balaban J connectivity index is 1.46. The lowest BCUT2D eigenvalue weighted by molar-refractivity contribution is -0.534. The summed E-state index contributed by atoms with van der Waals surface area (Å²) in [5, 5.41) is 15.6. The highest BCUT2D eigenvalue weighted by Gasteiger charge is 2.68. The molecule has 1 N–H and O–H groups in total. The lowest BCUT2D eigenvalue weighted by atomic mass is 9.79. The van der Waals surface area contributed by atoms with Gasteiger partial charge in [0.15, 0.2) is 5.54 Å². The SMILES string of the molecule is CN1C[C@H](c2ccc(OCc3ccc(Br)cc3)c(Cl)c2)[C@H]([N+](=O)[O-])[C@]12C(=O)Nc1ccccc12. The van der Waals surface area contributed by atoms with Crippen LogP contribution in [0, 0.1) is 10.1 Å². The Labute approximate surface area is 209 Å². The second kappa shape index (κ2) is 8.69. The van der Waals surface area contributed by atoms with E-state index in [1.165, 1.54) is 0 Å². The number of nitrogens with zero attached hydrogens (tertiary/aromatic N) is 2. The Kier molecular flexibility index (Phi) is 5.83. The van der Waals surface area contributed by atoms with E-state index < -0.39 is 17.5 Å². The highest BCUT2D eigenvalue weighted by Crippen LogP contribution is 2.52. The molecular weight excluding hydrogens is 522 g/mol. The number of ether oxygens (including phenoxy) is 1. The third-order valence-electron chi connectivity index (χ3n) is 6.73. The van der Waals surface area contributed by atoms with Gasteiger partial charge >= 0.3 is 0 Å². The number of carbonyl (C=O) groups excluding carboxylic acids is 1. The molecule has 3 atom stereocenters. The molecule has 5 rings (SSSR count). The van der Waals surface area contributed by atoms with E-state index in [0.29, 0.717) is 40.7 Å². The van der Waals surface area contributed by atoms with E-state index in [1.807, 2.05) is 24.3 Å². The molecule has 1 fully saturated rings. The van der Waals surface area contributed by atoms with Gasteiger partial charge in [0.25, 0.3) is 11.9 Å². The van der Waals surface area contributed by atoms with E-state index in [4.69, 9.17) is 16.3 Å². The highest BCUT2D eigenvalue weighted by atomic mass is 79.9. The van der Waals surface area contributed by atoms with Crippen LogP contribution in [0.15, 0.2) is 71.2 Å². The van der Waals surface area contributed by atoms with Crippen molar-refractivity contribution in [2.45, 2.75) is 24.1 Å². The van der Waals surface area contributed by atoms with Crippen LogP contribution in [0.5, 0.6) is 5.75 Å². The maximum Gasteiger partial charge on any atom is 0.256 e. The molecule has 3 aromatic rings. The zero-order valence-corrected chi connectivity index (χ0v) is 20.5. The summed E-state index contributed by atoms with van der Waals surface area (Å²) in [7, 11) is 1.76. The Morgan fingerprint density at radius 3 is 2.65 bits per heavy atom. The fourth-order valence-corrected chi connectivity index (χ4v) is 5.69. The fourth-order valence-electron chi connectivity index (χ4n) is 5.19. The van der Waals surface area contributed by atoms with E-state index in [0.717, 1.165) is 10.0 Å². The number of carbonyl (C=O) groups is 1. The fraction of sp³-hybridized carbons (Fsp3) is 0.240. The van der Waals surface area contributed by atoms with Crippen LogP contribution in [-0.2, 0) is 16.9 Å². The van der Waals surface area contributed by atoms with Gasteiger partial charge in [-0.1, -0.05) is 63.9 Å². The third-order valence-corrected chi connectivity index (χ3v) is 7.56. The van der Waals surface area contributed by atoms with Gasteiger partial charge in [-0.15, -0.1) is 0 Å². The van der Waals surface area contributed by atoms with Crippen LogP contribution in [0.3, 0.4) is 0 Å². The van der Waals surface area contributed by atoms with Gasteiger partial charge in [-0.05, 0) is 48.5 Å². The average molecular weight is 543 g/mol. The maximum atomic E-state index is 13.2. The number of rotatable bonds is 5. The number of para-hydroxylation sites is 1. The van der Waals surface area contributed by atoms with Gasteiger partial charge in [-0.25, -0.2) is 0 Å². The standard InChI is InChI=1S/C25H21BrClN3O4/c1-29-13-18(23(30(32)33)25(29)19-4-2-3-5-21(19)28-24(25)31)16-8-11-22(20(27)12-16)34-14-15-6-9-17(26)10-7-15/h2-12,18,23H,13-14H2,1H3,(H,28,31)/t18-,23+,25-/m1/s1. The van der Waals surface area contributed by atoms with E-state index in [2.05, 4.69) is 21.2 Å². The number of likely N-dealkylation sites (N-methyl/N-ethyl adjacent to an activating group) is 1. The molecule has 0 aromatic heterocycles. The molecule has 2 aliphatic heterocycles. The van der Waals surface area contributed by atoms with E-state index in [9.17, 15) is 14.9 Å². The van der Waals surface area contributed by atoms with Gasteiger partial charge in [0.1, 0.15) is 12.4 Å². The number of amides is 1. The van der Waals surface area contributed by atoms with Crippen molar-refractivity contribution < 1.29 is 14.5 Å². The summed E-state index contributed by atoms with van der Waals surface area (Å²) in [6, 6.07) is 19.0. The van der Waals surface area contributed by atoms with Gasteiger partial charge in [0.2, 0.25) is 0 Å². The summed E-state index contributed by atoms with van der Waals surface area (Å²) in [5.41, 5.74) is 1.55. The second-order valence-electron chi connectivity index (χ2n) is 8.59. The van der Waals surface area contributed by atoms with Crippen molar-refractivity contribution in [3.05, 3.63) is 103 Å². The largest absolute Gasteiger partial charge is 0.487 e. The normalized spacial score (nSPS) is 23.7. The summed E-state index contributed by atoms with van der Waals surface area (Å²) >= 11 is 9.94. The molecule has 2 heterocycles. The number of nitrogens with one attached hydrogen (secondary N) is 1. The summed E-state index contributed by atoms with van der Waals surface area (Å²) in [4.78, 5) is 27.1. The van der Waals surface area contributed by atoms with Gasteiger partial charge in [-0.2, -0.15) is 0 Å². The smallest absolute Gasteiger partial charge is 0.256 e. The minimum atomic E-state index is -1.38. The quantitative estimate of drug-likeness (QED) is 0.354. The Morgan fingerprint density at radius 1 is 1.21 bits per heavy atom. The molecular formula is C25H21BrClN3O4. The predicted molar refractivity (Wildman–Crippen MR) is 133 cm³/mol. The molecule has 1 saturated heterocycles. The first-order valence-electron chi connectivity index (χ1n) is 10.7. The van der Waals surface area contributed by atoms with Crippen LogP contribution in [0.4, 0.5) is 5.69 Å². The van der Waals surface area contributed by atoms with Crippen molar-refractivity contribution in [3.63, 3.8) is 0 Å². The molecule has 34 heavy (non-hydrogen) atoms. The molecule has 1 amide bonds. The van der Waals surface area contributed by atoms with E-state index >= 15 is 0 Å². The minimum absolute atomic E-state index is 0.332. The van der Waals surface area contributed by atoms with Gasteiger partial charge < -0.3 is 10.1 Å². The number of anilines is 1. The second-order valence-corrected chi connectivity index (χ2v) is 9.91. The first-order chi connectivity index (χ1) is 16.3. The highest BCUT2D eigenvalue weighted by molar-refractivity contribution is 9.10. The molecule has 2 aliphatic rings. The number of likely N-dealkylation sites (tertiary alicyclic amines) is 1. The monoisotopic (exact) mass is 541 g/mol. The van der Waals surface area contributed by atoms with Crippen molar-refractivity contribution >= 4 is 39.1 Å². The minimum Gasteiger partial charge on any atom is -0.487 e. The molecule has 9 heteroatoms. The van der Waals surface area contributed by atoms with Crippen LogP contribution in [0.1, 0.15) is 22.6 Å². The van der Waals surface area contributed by atoms with E-state index in [1.54, 1.807) is 54.4 Å². The Hall–Kier alpha value is -2.94. The van der Waals surface area contributed by atoms with Crippen molar-refractivity contribution in [3.8, 4) is 5.75 Å². The summed E-state index contributed by atoms with van der Waals surface area (Å²) in [5.74, 6) is -0.410. The molecule has 174 valence electrons. The van der Waals surface area contributed by atoms with Crippen LogP contribution in [0.2, 0.25) is 5.02 Å². The summed E-state index contributed by atoms with van der Waals surface area (Å²) in [6.07, 6.45) is 0. The zero-order chi connectivity index (χ0) is 24.0. The Bertz CT molecular complexity index is 1290. The number of fused-ring (bicyclic) bond motifs is 2. The molecule has 1 spiro atoms. The molecule has 0 aliphatic carbocycles. The van der Waals surface area contributed by atoms with Gasteiger partial charge in [0.05, 0.1) is 10.9 Å².